The van der Waals surface area contributed by atoms with Crippen molar-refractivity contribution in [3.05, 3.63) is 62.9 Å². The van der Waals surface area contributed by atoms with Gasteiger partial charge in [-0.2, -0.15) is 5.10 Å². The van der Waals surface area contributed by atoms with Gasteiger partial charge < -0.3 is 0 Å². The molecule has 0 saturated carbocycles. The number of nitrogens with one attached hydrogen (secondary N) is 1. The molecule has 10 nitrogen and oxygen atoms in total. The summed E-state index contributed by atoms with van der Waals surface area (Å²) in [5, 5.41) is 21.5. The maximum absolute atomic E-state index is 13.1. The number of aryl methyl sites for hydroxylation is 1. The molecule has 0 bridgehead atoms. The Morgan fingerprint density at radius 2 is 2.15 bits per heavy atom. The number of amides is 1. The van der Waals surface area contributed by atoms with E-state index in [1.54, 1.807) is 0 Å². The highest BCUT2D eigenvalue weighted by Gasteiger charge is 2.17. The van der Waals surface area contributed by atoms with Crippen molar-refractivity contribution in [2.75, 3.05) is 5.32 Å². The summed E-state index contributed by atoms with van der Waals surface area (Å²) >= 11 is 5.97. The van der Waals surface area contributed by atoms with E-state index in [1.165, 1.54) is 42.3 Å². The molecule has 1 aromatic carbocycles. The fourth-order valence-corrected chi connectivity index (χ4v) is 2.56. The van der Waals surface area contributed by atoms with Crippen LogP contribution in [-0.2, 0) is 17.9 Å². The second-order valence-electron chi connectivity index (χ2n) is 5.60. The summed E-state index contributed by atoms with van der Waals surface area (Å²) in [6.07, 6.45) is 2.57. The van der Waals surface area contributed by atoms with E-state index in [-0.39, 0.29) is 35.4 Å². The highest BCUT2D eigenvalue weighted by atomic mass is 35.5. The van der Waals surface area contributed by atoms with Crippen LogP contribution in [0.2, 0.25) is 5.02 Å². The molecule has 0 radical (unpaired) electrons. The minimum absolute atomic E-state index is 0.0524. The van der Waals surface area contributed by atoms with Crippen LogP contribution in [-0.4, -0.2) is 35.4 Å². The summed E-state index contributed by atoms with van der Waals surface area (Å²) in [6.45, 7) is 1.50. The smallest absolute Gasteiger partial charge is 0.292 e. The first-order chi connectivity index (χ1) is 12.8. The number of carbonyl (C=O) groups excluding carboxylic acids is 1. The first-order valence-electron chi connectivity index (χ1n) is 7.63. The number of aromatic nitrogens is 5. The lowest BCUT2D eigenvalue weighted by Gasteiger charge is -2.04. The summed E-state index contributed by atoms with van der Waals surface area (Å²) in [4.78, 5) is 26.2. The Kier molecular flexibility index (Phi) is 5.12. The number of carbonyl (C=O) groups is 1. The van der Waals surface area contributed by atoms with E-state index in [4.69, 9.17) is 11.6 Å². The standard InChI is InChI=1S/C15H13ClFN7O3/c1-9-13(24(26)27)6-22(20-9)7-14(25)19-15-18-8-23(21-15)5-10-2-3-11(17)4-12(10)16/h2-4,6,8H,5,7H2,1H3,(H,19,21,25). The second kappa shape index (κ2) is 7.50. The number of nitrogens with zero attached hydrogens (tertiary/aromatic N) is 6. The third kappa shape index (κ3) is 4.44. The zero-order valence-corrected chi connectivity index (χ0v) is 14.7. The SMILES string of the molecule is Cc1nn(CC(=O)Nc2ncn(Cc3ccc(F)cc3Cl)n2)cc1[N+](=O)[O-]. The molecule has 0 fully saturated rings. The molecule has 0 aliphatic carbocycles. The van der Waals surface area contributed by atoms with Crippen molar-refractivity contribution in [3.63, 3.8) is 0 Å². The van der Waals surface area contributed by atoms with Crippen molar-refractivity contribution >= 4 is 29.1 Å². The fraction of sp³-hybridized carbons (Fsp3) is 0.200. The number of benzene rings is 1. The fourth-order valence-electron chi connectivity index (χ4n) is 2.33. The lowest BCUT2D eigenvalue weighted by Crippen LogP contribution is -2.20. The van der Waals surface area contributed by atoms with Crippen LogP contribution in [0, 0.1) is 22.9 Å². The highest BCUT2D eigenvalue weighted by Crippen LogP contribution is 2.18. The predicted octanol–water partition coefficient (Wildman–Crippen LogP) is 2.17. The van der Waals surface area contributed by atoms with Gasteiger partial charge in [-0.1, -0.05) is 17.7 Å². The van der Waals surface area contributed by atoms with Crippen molar-refractivity contribution in [1.82, 2.24) is 24.5 Å². The predicted molar refractivity (Wildman–Crippen MR) is 92.8 cm³/mol. The maximum atomic E-state index is 13.1. The van der Waals surface area contributed by atoms with Gasteiger partial charge in [0.1, 0.15) is 30.6 Å². The van der Waals surface area contributed by atoms with Crippen LogP contribution >= 0.6 is 11.6 Å². The van der Waals surface area contributed by atoms with E-state index in [1.807, 2.05) is 0 Å². The quantitative estimate of drug-likeness (QED) is 0.506. The van der Waals surface area contributed by atoms with Crippen LogP contribution in [0.3, 0.4) is 0 Å². The molecule has 27 heavy (non-hydrogen) atoms. The minimum Gasteiger partial charge on any atom is -0.292 e. The summed E-state index contributed by atoms with van der Waals surface area (Å²) in [6, 6.07) is 4.01. The van der Waals surface area contributed by atoms with Crippen LogP contribution < -0.4 is 5.32 Å². The molecule has 3 rings (SSSR count). The van der Waals surface area contributed by atoms with E-state index in [2.05, 4.69) is 20.5 Å². The molecule has 0 aliphatic heterocycles. The second-order valence-corrected chi connectivity index (χ2v) is 6.01. The Hall–Kier alpha value is -3.34. The molecule has 12 heteroatoms. The van der Waals surface area contributed by atoms with E-state index in [0.717, 1.165) is 4.68 Å². The van der Waals surface area contributed by atoms with Gasteiger partial charge in [0.25, 0.3) is 0 Å². The van der Waals surface area contributed by atoms with Gasteiger partial charge in [0.15, 0.2) is 0 Å². The van der Waals surface area contributed by atoms with Crippen LogP contribution in [0.4, 0.5) is 16.0 Å². The normalized spacial score (nSPS) is 10.8. The lowest BCUT2D eigenvalue weighted by atomic mass is 10.2. The van der Waals surface area contributed by atoms with Crippen molar-refractivity contribution in [2.45, 2.75) is 20.0 Å². The summed E-state index contributed by atoms with van der Waals surface area (Å²) in [7, 11) is 0. The third-order valence-corrected chi connectivity index (χ3v) is 3.91. The van der Waals surface area contributed by atoms with E-state index < -0.39 is 16.6 Å². The molecule has 140 valence electrons. The molecule has 2 heterocycles. The Bertz CT molecular complexity index is 1020. The molecular weight excluding hydrogens is 381 g/mol. The van der Waals surface area contributed by atoms with Gasteiger partial charge in [0.05, 0.1) is 11.5 Å². The monoisotopic (exact) mass is 393 g/mol. The maximum Gasteiger partial charge on any atom is 0.309 e. The molecule has 0 saturated heterocycles. The van der Waals surface area contributed by atoms with Gasteiger partial charge in [-0.3, -0.25) is 24.9 Å². The number of nitro groups is 1. The zero-order chi connectivity index (χ0) is 19.6. The molecular formula is C15H13ClFN7O3. The average Bonchev–Trinajstić information content (AvgIpc) is 3.16. The van der Waals surface area contributed by atoms with Gasteiger partial charge >= 0.3 is 5.69 Å². The lowest BCUT2D eigenvalue weighted by molar-refractivity contribution is -0.385. The zero-order valence-electron chi connectivity index (χ0n) is 14.0. The molecule has 1 amide bonds. The first-order valence-corrected chi connectivity index (χ1v) is 8.01. The molecule has 0 atom stereocenters. The van der Waals surface area contributed by atoms with E-state index >= 15 is 0 Å². The van der Waals surface area contributed by atoms with Gasteiger partial charge in [-0.25, -0.2) is 14.1 Å². The molecule has 1 N–H and O–H groups in total. The van der Waals surface area contributed by atoms with E-state index in [0.29, 0.717) is 5.56 Å². The van der Waals surface area contributed by atoms with Crippen LogP contribution in [0.25, 0.3) is 0 Å². The summed E-state index contributed by atoms with van der Waals surface area (Å²) in [5.41, 5.74) is 0.688. The van der Waals surface area contributed by atoms with Crippen molar-refractivity contribution in [2.24, 2.45) is 0 Å². The number of hydrogen-bond donors (Lipinski definition) is 1. The van der Waals surface area contributed by atoms with Crippen LogP contribution in [0.15, 0.2) is 30.7 Å². The Balaban J connectivity index is 1.62. The van der Waals surface area contributed by atoms with Crippen molar-refractivity contribution < 1.29 is 14.1 Å². The number of anilines is 1. The van der Waals surface area contributed by atoms with Crippen LogP contribution in [0.1, 0.15) is 11.3 Å². The Morgan fingerprint density at radius 1 is 1.37 bits per heavy atom. The van der Waals surface area contributed by atoms with Crippen molar-refractivity contribution in [3.8, 4) is 0 Å². The molecule has 2 aromatic heterocycles. The van der Waals surface area contributed by atoms with Gasteiger partial charge in [-0.05, 0) is 24.6 Å². The minimum atomic E-state index is -0.569. The molecule has 0 spiro atoms. The number of halogens is 2. The molecule has 0 unspecified atom stereocenters. The van der Waals surface area contributed by atoms with Gasteiger partial charge in [0, 0.05) is 5.02 Å². The Labute approximate surface area is 156 Å². The summed E-state index contributed by atoms with van der Waals surface area (Å²) in [5.74, 6) is -0.883. The number of hydrogen-bond acceptors (Lipinski definition) is 6. The van der Waals surface area contributed by atoms with Crippen molar-refractivity contribution in [1.29, 1.82) is 0 Å². The summed E-state index contributed by atoms with van der Waals surface area (Å²) < 4.78 is 15.7. The Morgan fingerprint density at radius 3 is 2.81 bits per heavy atom. The number of rotatable bonds is 6. The van der Waals surface area contributed by atoms with Gasteiger partial charge in [0.2, 0.25) is 11.9 Å². The first kappa shape index (κ1) is 18.5. The largest absolute Gasteiger partial charge is 0.309 e. The third-order valence-electron chi connectivity index (χ3n) is 3.56. The highest BCUT2D eigenvalue weighted by molar-refractivity contribution is 6.31. The van der Waals surface area contributed by atoms with E-state index in [9.17, 15) is 19.3 Å². The van der Waals surface area contributed by atoms with Crippen LogP contribution in [0.5, 0.6) is 0 Å². The molecule has 0 aliphatic rings. The molecule has 3 aromatic rings. The average molecular weight is 394 g/mol. The topological polar surface area (TPSA) is 121 Å². The van der Waals surface area contributed by atoms with Gasteiger partial charge in [-0.15, -0.1) is 5.10 Å².